The predicted octanol–water partition coefficient (Wildman–Crippen LogP) is 6.38. The van der Waals surface area contributed by atoms with Gasteiger partial charge in [-0.2, -0.15) is 0 Å². The lowest BCUT2D eigenvalue weighted by Crippen LogP contribution is -2.36. The van der Waals surface area contributed by atoms with Gasteiger partial charge in [0, 0.05) is 21.7 Å². The number of imide groups is 1. The first-order valence-electron chi connectivity index (χ1n) is 10.5. The number of rotatable bonds is 7. The van der Waals surface area contributed by atoms with E-state index in [0.717, 1.165) is 15.4 Å². The Morgan fingerprint density at radius 1 is 1.14 bits per heavy atom. The van der Waals surface area contributed by atoms with Crippen LogP contribution in [0.1, 0.15) is 11.1 Å². The van der Waals surface area contributed by atoms with E-state index in [1.165, 1.54) is 23.9 Å². The number of halogens is 1. The third-order valence-electron chi connectivity index (χ3n) is 5.11. The Balaban J connectivity index is 1.50. The Morgan fingerprint density at radius 3 is 2.56 bits per heavy atom. The van der Waals surface area contributed by atoms with Gasteiger partial charge in [-0.05, 0) is 72.3 Å². The second kappa shape index (κ2) is 11.0. The van der Waals surface area contributed by atoms with Crippen LogP contribution in [0, 0.1) is 17.0 Å². The summed E-state index contributed by atoms with van der Waals surface area (Å²) in [5, 5.41) is 14.4. The van der Waals surface area contributed by atoms with Crippen molar-refractivity contribution in [1.82, 2.24) is 4.90 Å². The van der Waals surface area contributed by atoms with E-state index in [0.29, 0.717) is 32.9 Å². The van der Waals surface area contributed by atoms with Crippen LogP contribution in [-0.2, 0) is 9.59 Å². The molecule has 1 heterocycles. The Hall–Kier alpha value is -3.60. The molecule has 0 radical (unpaired) electrons. The highest BCUT2D eigenvalue weighted by atomic mass is 35.5. The zero-order valence-corrected chi connectivity index (χ0v) is 21.2. The van der Waals surface area contributed by atoms with Gasteiger partial charge in [-0.3, -0.25) is 29.4 Å². The fourth-order valence-electron chi connectivity index (χ4n) is 3.32. The molecular formula is C25H18ClN3O5S2. The topological polar surface area (TPSA) is 110 Å². The summed E-state index contributed by atoms with van der Waals surface area (Å²) in [7, 11) is 0. The maximum atomic E-state index is 12.8. The molecule has 1 aliphatic heterocycles. The van der Waals surface area contributed by atoms with Crippen molar-refractivity contribution in [1.29, 1.82) is 0 Å². The molecule has 1 N–H and O–H groups in total. The Morgan fingerprint density at radius 2 is 1.86 bits per heavy atom. The van der Waals surface area contributed by atoms with Gasteiger partial charge in [-0.15, -0.1) is 0 Å². The fraction of sp³-hybridized carbons (Fsp3) is 0.0800. The van der Waals surface area contributed by atoms with Gasteiger partial charge in [-0.25, -0.2) is 0 Å². The van der Waals surface area contributed by atoms with Crippen LogP contribution in [0.3, 0.4) is 0 Å². The van der Waals surface area contributed by atoms with E-state index in [4.69, 9.17) is 11.6 Å². The van der Waals surface area contributed by atoms with Crippen molar-refractivity contribution in [3.63, 3.8) is 0 Å². The maximum Gasteiger partial charge on any atom is 0.294 e. The Bertz CT molecular complexity index is 1410. The van der Waals surface area contributed by atoms with Crippen LogP contribution in [0.25, 0.3) is 6.08 Å². The molecular weight excluding hydrogens is 522 g/mol. The minimum Gasteiger partial charge on any atom is -0.324 e. The van der Waals surface area contributed by atoms with Gasteiger partial charge in [0.05, 0.1) is 14.7 Å². The number of aryl methyl sites for hydroxylation is 1. The molecule has 182 valence electrons. The number of carbonyl (C=O) groups is 3. The Kier molecular flexibility index (Phi) is 7.78. The van der Waals surface area contributed by atoms with Crippen LogP contribution < -0.4 is 5.32 Å². The Labute approximate surface area is 219 Å². The predicted molar refractivity (Wildman–Crippen MR) is 141 cm³/mol. The van der Waals surface area contributed by atoms with E-state index < -0.39 is 28.5 Å². The molecule has 36 heavy (non-hydrogen) atoms. The van der Waals surface area contributed by atoms with Gasteiger partial charge in [0.25, 0.3) is 16.8 Å². The number of nitro groups is 1. The smallest absolute Gasteiger partial charge is 0.294 e. The van der Waals surface area contributed by atoms with Gasteiger partial charge in [0.15, 0.2) is 0 Å². The molecule has 0 aromatic heterocycles. The quantitative estimate of drug-likeness (QED) is 0.210. The van der Waals surface area contributed by atoms with Gasteiger partial charge < -0.3 is 5.32 Å². The van der Waals surface area contributed by atoms with Crippen molar-refractivity contribution >= 4 is 69.6 Å². The first-order chi connectivity index (χ1) is 17.2. The summed E-state index contributed by atoms with van der Waals surface area (Å²) in [4.78, 5) is 51.0. The van der Waals surface area contributed by atoms with E-state index in [2.05, 4.69) is 5.32 Å². The minimum atomic E-state index is -0.632. The van der Waals surface area contributed by atoms with E-state index in [1.807, 2.05) is 19.1 Å². The highest BCUT2D eigenvalue weighted by Gasteiger charge is 2.36. The summed E-state index contributed by atoms with van der Waals surface area (Å²) in [6.07, 6.45) is 1.41. The van der Waals surface area contributed by atoms with Gasteiger partial charge in [0.1, 0.15) is 6.54 Å². The number of para-hydroxylation sites is 1. The normalized spacial score (nSPS) is 14.4. The fourth-order valence-corrected chi connectivity index (χ4v) is 5.18. The van der Waals surface area contributed by atoms with E-state index in [1.54, 1.807) is 48.5 Å². The zero-order chi connectivity index (χ0) is 25.8. The molecule has 4 rings (SSSR count). The minimum absolute atomic E-state index is 0.0797. The van der Waals surface area contributed by atoms with Crippen LogP contribution in [0.5, 0.6) is 0 Å². The van der Waals surface area contributed by atoms with Crippen molar-refractivity contribution < 1.29 is 19.3 Å². The third-order valence-corrected chi connectivity index (χ3v) is 7.35. The molecule has 3 aromatic carbocycles. The number of nitro benzene ring substituents is 1. The monoisotopic (exact) mass is 539 g/mol. The highest BCUT2D eigenvalue weighted by Crippen LogP contribution is 2.37. The molecule has 8 nitrogen and oxygen atoms in total. The molecule has 11 heteroatoms. The lowest BCUT2D eigenvalue weighted by Gasteiger charge is -2.13. The molecule has 1 aliphatic rings. The van der Waals surface area contributed by atoms with Gasteiger partial charge >= 0.3 is 0 Å². The van der Waals surface area contributed by atoms with E-state index in [9.17, 15) is 24.5 Å². The van der Waals surface area contributed by atoms with E-state index >= 15 is 0 Å². The summed E-state index contributed by atoms with van der Waals surface area (Å²) in [6.45, 7) is 1.39. The molecule has 0 spiro atoms. The van der Waals surface area contributed by atoms with Crippen LogP contribution in [0.2, 0.25) is 5.02 Å². The number of hydrogen-bond acceptors (Lipinski definition) is 7. The summed E-state index contributed by atoms with van der Waals surface area (Å²) < 4.78 is 0. The van der Waals surface area contributed by atoms with Crippen LogP contribution in [0.15, 0.2) is 81.4 Å². The molecule has 1 saturated heterocycles. The zero-order valence-electron chi connectivity index (χ0n) is 18.8. The van der Waals surface area contributed by atoms with Crippen LogP contribution in [-0.4, -0.2) is 33.4 Å². The number of benzene rings is 3. The molecule has 3 aromatic rings. The lowest BCUT2D eigenvalue weighted by atomic mass is 10.2. The number of amides is 3. The first-order valence-corrected chi connectivity index (χ1v) is 12.5. The number of thioether (sulfide) groups is 1. The van der Waals surface area contributed by atoms with Crippen molar-refractivity contribution in [2.75, 3.05) is 11.9 Å². The first kappa shape index (κ1) is 25.5. The number of carbonyl (C=O) groups excluding carboxylic acids is 3. The average Bonchev–Trinajstić information content (AvgIpc) is 3.10. The standard InChI is InChI=1S/C25H18ClN3O5S2/c1-15-4-2-3-5-19(15)27-23(30)14-28-24(31)22(36-25(28)32)13-16-6-11-21(20(12-16)29(33)34)35-18-9-7-17(26)8-10-18/h2-13H,14H2,1H3,(H,27,30)/b22-13-. The summed E-state index contributed by atoms with van der Waals surface area (Å²) in [5.74, 6) is -1.14. The van der Waals surface area contributed by atoms with Crippen LogP contribution in [0.4, 0.5) is 16.2 Å². The molecule has 3 amide bonds. The summed E-state index contributed by atoms with van der Waals surface area (Å²) in [5.41, 5.74) is 1.69. The largest absolute Gasteiger partial charge is 0.324 e. The molecule has 0 bridgehead atoms. The molecule has 0 aliphatic carbocycles. The lowest BCUT2D eigenvalue weighted by molar-refractivity contribution is -0.387. The highest BCUT2D eigenvalue weighted by molar-refractivity contribution is 8.18. The van der Waals surface area contributed by atoms with Crippen molar-refractivity contribution in [2.24, 2.45) is 0 Å². The van der Waals surface area contributed by atoms with Crippen molar-refractivity contribution in [3.8, 4) is 0 Å². The van der Waals surface area contributed by atoms with E-state index in [-0.39, 0.29) is 10.6 Å². The maximum absolute atomic E-state index is 12.8. The number of nitrogens with one attached hydrogen (secondary N) is 1. The number of hydrogen-bond donors (Lipinski definition) is 1. The average molecular weight is 540 g/mol. The number of anilines is 1. The second-order valence-corrected chi connectivity index (χ2v) is 10.2. The van der Waals surface area contributed by atoms with Gasteiger partial charge in [-0.1, -0.05) is 47.6 Å². The van der Waals surface area contributed by atoms with Crippen molar-refractivity contribution in [2.45, 2.75) is 16.7 Å². The molecule has 1 fully saturated rings. The summed E-state index contributed by atoms with van der Waals surface area (Å²) in [6, 6.07) is 18.6. The second-order valence-electron chi connectivity index (χ2n) is 7.67. The summed E-state index contributed by atoms with van der Waals surface area (Å²) >= 11 is 7.79. The molecule has 0 unspecified atom stereocenters. The van der Waals surface area contributed by atoms with Crippen molar-refractivity contribution in [3.05, 3.63) is 97.9 Å². The van der Waals surface area contributed by atoms with Gasteiger partial charge in [0.2, 0.25) is 5.91 Å². The number of nitrogens with zero attached hydrogens (tertiary/aromatic N) is 2. The third kappa shape index (κ3) is 5.96. The van der Waals surface area contributed by atoms with Crippen LogP contribution >= 0.6 is 35.1 Å². The molecule has 0 saturated carbocycles. The molecule has 0 atom stereocenters. The SMILES string of the molecule is Cc1ccccc1NC(=O)CN1C(=O)S/C(=C\c2ccc(Sc3ccc(Cl)cc3)c([N+](=O)[O-])c2)C1=O.